The molecule has 11 heteroatoms. The SMILES string of the molecule is O=C(NOC1CCCCO1)c1cnc(N2CCOC(Cn3ccn(-c4ccccc4)c3=O)C2)nc1. The number of carbonyl (C=O) groups is 1. The fourth-order valence-electron chi connectivity index (χ4n) is 4.15. The number of nitrogens with zero attached hydrogens (tertiary/aromatic N) is 5. The van der Waals surface area contributed by atoms with Crippen LogP contribution in [-0.4, -0.2) is 63.7 Å². The van der Waals surface area contributed by atoms with Gasteiger partial charge >= 0.3 is 5.69 Å². The maximum Gasteiger partial charge on any atom is 0.332 e. The Labute approximate surface area is 202 Å². The zero-order chi connectivity index (χ0) is 24.0. The molecule has 0 spiro atoms. The van der Waals surface area contributed by atoms with Crippen LogP contribution in [0.1, 0.15) is 29.6 Å². The number of ether oxygens (including phenoxy) is 2. The third-order valence-corrected chi connectivity index (χ3v) is 6.03. The van der Waals surface area contributed by atoms with Crippen molar-refractivity contribution < 1.29 is 19.1 Å². The van der Waals surface area contributed by atoms with Crippen LogP contribution in [0.25, 0.3) is 5.69 Å². The highest BCUT2D eigenvalue weighted by atomic mass is 16.8. The average molecular weight is 481 g/mol. The predicted octanol–water partition coefficient (Wildman–Crippen LogP) is 1.52. The molecule has 5 rings (SSSR count). The van der Waals surface area contributed by atoms with E-state index in [0.717, 1.165) is 24.9 Å². The molecular formula is C24H28N6O5. The van der Waals surface area contributed by atoms with E-state index in [2.05, 4.69) is 15.4 Å². The summed E-state index contributed by atoms with van der Waals surface area (Å²) >= 11 is 0. The summed E-state index contributed by atoms with van der Waals surface area (Å²) in [5.74, 6) is 0.0773. The monoisotopic (exact) mass is 480 g/mol. The minimum Gasteiger partial charge on any atom is -0.373 e. The standard InChI is InChI=1S/C24H28N6O5/c31-22(27-35-21-8-4-5-12-34-21)18-14-25-23(26-15-18)28-11-13-33-20(16-28)17-29-9-10-30(24(29)32)19-6-2-1-3-7-19/h1-3,6-7,9-10,14-15,20-21H,4-5,8,11-13,16-17H2,(H,27,31). The van der Waals surface area contributed by atoms with Gasteiger partial charge in [-0.15, -0.1) is 0 Å². The maximum absolute atomic E-state index is 12.8. The van der Waals surface area contributed by atoms with Gasteiger partial charge in [0.2, 0.25) is 5.95 Å². The molecule has 0 radical (unpaired) electrons. The molecule has 2 saturated heterocycles. The lowest BCUT2D eigenvalue weighted by atomic mass is 10.2. The minimum atomic E-state index is -0.423. The Bertz CT molecular complexity index is 1170. The average Bonchev–Trinajstić information content (AvgIpc) is 3.28. The van der Waals surface area contributed by atoms with Crippen LogP contribution in [-0.2, 0) is 20.9 Å². The van der Waals surface area contributed by atoms with Gasteiger partial charge in [0.1, 0.15) is 0 Å². The molecule has 2 aliphatic heterocycles. The number of para-hydroxylation sites is 1. The fraction of sp³-hybridized carbons (Fsp3) is 0.417. The van der Waals surface area contributed by atoms with E-state index in [-0.39, 0.29) is 11.8 Å². The van der Waals surface area contributed by atoms with Crippen LogP contribution < -0.4 is 16.1 Å². The van der Waals surface area contributed by atoms with E-state index in [1.165, 1.54) is 12.4 Å². The second-order valence-corrected chi connectivity index (χ2v) is 8.49. The summed E-state index contributed by atoms with van der Waals surface area (Å²) in [7, 11) is 0. The lowest BCUT2D eigenvalue weighted by molar-refractivity contribution is -0.186. The molecule has 0 saturated carbocycles. The third kappa shape index (κ3) is 5.59. The zero-order valence-electron chi connectivity index (χ0n) is 19.3. The lowest BCUT2D eigenvalue weighted by Gasteiger charge is -2.32. The van der Waals surface area contributed by atoms with Crippen LogP contribution in [0, 0.1) is 0 Å². The molecule has 2 unspecified atom stereocenters. The number of nitrogens with one attached hydrogen (secondary N) is 1. The van der Waals surface area contributed by atoms with Gasteiger partial charge in [-0.25, -0.2) is 25.1 Å². The number of carbonyl (C=O) groups excluding carboxylic acids is 1. The number of anilines is 1. The Kier molecular flexibility index (Phi) is 7.17. The molecule has 2 aromatic heterocycles. The van der Waals surface area contributed by atoms with Crippen molar-refractivity contribution >= 4 is 11.9 Å². The first kappa shape index (κ1) is 23.2. The van der Waals surface area contributed by atoms with Gasteiger partial charge in [0.15, 0.2) is 6.29 Å². The van der Waals surface area contributed by atoms with E-state index >= 15 is 0 Å². The van der Waals surface area contributed by atoms with Gasteiger partial charge in [-0.3, -0.25) is 13.9 Å². The number of imidazole rings is 1. The molecule has 184 valence electrons. The number of hydroxylamine groups is 1. The molecule has 11 nitrogen and oxygen atoms in total. The van der Waals surface area contributed by atoms with Crippen molar-refractivity contribution in [3.05, 3.63) is 71.2 Å². The first-order chi connectivity index (χ1) is 17.2. The molecule has 2 aliphatic rings. The van der Waals surface area contributed by atoms with E-state index in [0.29, 0.717) is 44.4 Å². The predicted molar refractivity (Wildman–Crippen MR) is 126 cm³/mol. The van der Waals surface area contributed by atoms with Crippen LogP contribution in [0.5, 0.6) is 0 Å². The molecule has 0 aliphatic carbocycles. The number of morpholine rings is 1. The number of aromatic nitrogens is 4. The van der Waals surface area contributed by atoms with E-state index in [1.807, 2.05) is 35.2 Å². The normalized spacial score (nSPS) is 20.5. The van der Waals surface area contributed by atoms with Crippen molar-refractivity contribution in [1.82, 2.24) is 24.6 Å². The van der Waals surface area contributed by atoms with Crippen molar-refractivity contribution in [3.8, 4) is 5.69 Å². The molecule has 2 atom stereocenters. The van der Waals surface area contributed by atoms with E-state index in [4.69, 9.17) is 14.3 Å². The number of hydrogen-bond donors (Lipinski definition) is 1. The molecule has 2 fully saturated rings. The highest BCUT2D eigenvalue weighted by Crippen LogP contribution is 2.15. The van der Waals surface area contributed by atoms with Crippen LogP contribution >= 0.6 is 0 Å². The third-order valence-electron chi connectivity index (χ3n) is 6.03. The van der Waals surface area contributed by atoms with Crippen molar-refractivity contribution in [3.63, 3.8) is 0 Å². The molecule has 1 aromatic carbocycles. The largest absolute Gasteiger partial charge is 0.373 e. The van der Waals surface area contributed by atoms with Gasteiger partial charge in [0.05, 0.1) is 30.5 Å². The molecule has 4 heterocycles. The second kappa shape index (κ2) is 10.8. The summed E-state index contributed by atoms with van der Waals surface area (Å²) < 4.78 is 14.6. The van der Waals surface area contributed by atoms with E-state index in [1.54, 1.807) is 21.5 Å². The maximum atomic E-state index is 12.8. The van der Waals surface area contributed by atoms with Crippen molar-refractivity contribution in [2.45, 2.75) is 38.2 Å². The molecule has 0 bridgehead atoms. The molecule has 1 amide bonds. The number of rotatable bonds is 7. The van der Waals surface area contributed by atoms with Gasteiger partial charge in [-0.05, 0) is 25.0 Å². The fourth-order valence-corrected chi connectivity index (χ4v) is 4.15. The first-order valence-electron chi connectivity index (χ1n) is 11.8. The van der Waals surface area contributed by atoms with Gasteiger partial charge in [-0.1, -0.05) is 18.2 Å². The summed E-state index contributed by atoms with van der Waals surface area (Å²) in [6, 6.07) is 9.49. The molecule has 1 N–H and O–H groups in total. The van der Waals surface area contributed by atoms with Crippen LogP contribution in [0.3, 0.4) is 0 Å². The number of benzene rings is 1. The molecular weight excluding hydrogens is 452 g/mol. The molecule has 3 aromatic rings. The van der Waals surface area contributed by atoms with Crippen molar-refractivity contribution in [1.29, 1.82) is 0 Å². The van der Waals surface area contributed by atoms with Crippen LogP contribution in [0.2, 0.25) is 0 Å². The summed E-state index contributed by atoms with van der Waals surface area (Å²) in [6.45, 7) is 2.67. The Balaban J connectivity index is 1.17. The number of hydrogen-bond acceptors (Lipinski definition) is 8. The Hall–Kier alpha value is -3.54. The second-order valence-electron chi connectivity index (χ2n) is 8.49. The van der Waals surface area contributed by atoms with Crippen LogP contribution in [0.15, 0.2) is 59.9 Å². The topological polar surface area (TPSA) is 113 Å². The van der Waals surface area contributed by atoms with Gasteiger partial charge in [-0.2, -0.15) is 0 Å². The summed E-state index contributed by atoms with van der Waals surface area (Å²) in [5, 5.41) is 0. The van der Waals surface area contributed by atoms with Gasteiger partial charge in [0, 0.05) is 50.9 Å². The van der Waals surface area contributed by atoms with Crippen molar-refractivity contribution in [2.75, 3.05) is 31.2 Å². The lowest BCUT2D eigenvalue weighted by Crippen LogP contribution is -2.46. The zero-order valence-corrected chi connectivity index (χ0v) is 19.3. The van der Waals surface area contributed by atoms with Crippen LogP contribution in [0.4, 0.5) is 5.95 Å². The summed E-state index contributed by atoms with van der Waals surface area (Å²) in [5.41, 5.74) is 3.40. The highest BCUT2D eigenvalue weighted by molar-refractivity contribution is 5.92. The Morgan fingerprint density at radius 3 is 2.69 bits per heavy atom. The summed E-state index contributed by atoms with van der Waals surface area (Å²) in [4.78, 5) is 41.2. The smallest absolute Gasteiger partial charge is 0.332 e. The van der Waals surface area contributed by atoms with E-state index in [9.17, 15) is 9.59 Å². The Morgan fingerprint density at radius 2 is 1.91 bits per heavy atom. The van der Waals surface area contributed by atoms with Gasteiger partial charge in [0.25, 0.3) is 5.91 Å². The first-order valence-corrected chi connectivity index (χ1v) is 11.8. The Morgan fingerprint density at radius 1 is 1.09 bits per heavy atom. The summed E-state index contributed by atoms with van der Waals surface area (Å²) in [6.07, 6.45) is 8.59. The minimum absolute atomic E-state index is 0.121. The van der Waals surface area contributed by atoms with E-state index < -0.39 is 12.2 Å². The molecule has 35 heavy (non-hydrogen) atoms. The quantitative estimate of drug-likeness (QED) is 0.507. The highest BCUT2D eigenvalue weighted by Gasteiger charge is 2.24. The number of amides is 1. The van der Waals surface area contributed by atoms with Crippen molar-refractivity contribution in [2.24, 2.45) is 0 Å². The van der Waals surface area contributed by atoms with Gasteiger partial charge < -0.3 is 14.4 Å².